The third-order valence-electron chi connectivity index (χ3n) is 6.90. The average Bonchev–Trinajstić information content (AvgIpc) is 3.38. The minimum atomic E-state index is -0.703. The highest BCUT2D eigenvalue weighted by atomic mass is 16.5. The number of aliphatic hydroxyl groups excluding tert-OH is 1. The number of carbonyl (C=O) groups is 2. The van der Waals surface area contributed by atoms with Crippen LogP contribution in [0.25, 0.3) is 11.4 Å². The molecule has 4 rings (SSSR count). The van der Waals surface area contributed by atoms with E-state index in [-0.39, 0.29) is 11.3 Å². The van der Waals surface area contributed by atoms with E-state index in [1.807, 2.05) is 49.4 Å². The number of benzene rings is 1. The molecule has 2 aromatic heterocycles. The molecule has 1 aliphatic rings. The molecule has 0 aliphatic carbocycles. The molecule has 1 atom stereocenters. The molecule has 1 unspecified atom stereocenters. The van der Waals surface area contributed by atoms with Gasteiger partial charge in [0.1, 0.15) is 17.1 Å². The molecule has 3 aromatic rings. The van der Waals surface area contributed by atoms with Crippen molar-refractivity contribution in [3.63, 3.8) is 0 Å². The fourth-order valence-electron chi connectivity index (χ4n) is 4.95. The Bertz CT molecular complexity index is 1290. The second-order valence-electron chi connectivity index (χ2n) is 9.27. The molecule has 37 heavy (non-hydrogen) atoms. The first-order valence-electron chi connectivity index (χ1n) is 13.1. The van der Waals surface area contributed by atoms with Crippen LogP contribution in [0.15, 0.2) is 54.2 Å². The minimum absolute atomic E-state index is 0.0869. The monoisotopic (exact) mass is 504 g/mol. The molecule has 8 nitrogen and oxygen atoms in total. The van der Waals surface area contributed by atoms with Gasteiger partial charge in [-0.25, -0.2) is 4.98 Å². The van der Waals surface area contributed by atoms with E-state index in [1.165, 1.54) is 0 Å². The van der Waals surface area contributed by atoms with E-state index in [0.29, 0.717) is 30.2 Å². The quantitative estimate of drug-likeness (QED) is 0.234. The lowest BCUT2D eigenvalue weighted by Crippen LogP contribution is -2.33. The van der Waals surface area contributed by atoms with Crippen molar-refractivity contribution in [2.75, 3.05) is 32.8 Å². The molecule has 3 heterocycles. The summed E-state index contributed by atoms with van der Waals surface area (Å²) in [5.41, 5.74) is 2.50. The summed E-state index contributed by atoms with van der Waals surface area (Å²) in [6.07, 6.45) is 3.41. The predicted octanol–water partition coefficient (Wildman–Crippen LogP) is 4.59. The van der Waals surface area contributed by atoms with Crippen molar-refractivity contribution < 1.29 is 19.4 Å². The van der Waals surface area contributed by atoms with Gasteiger partial charge in [0, 0.05) is 12.7 Å². The van der Waals surface area contributed by atoms with Gasteiger partial charge >= 0.3 is 0 Å². The van der Waals surface area contributed by atoms with E-state index >= 15 is 0 Å². The molecule has 0 saturated carbocycles. The molecule has 1 saturated heterocycles. The highest BCUT2D eigenvalue weighted by Gasteiger charge is 2.46. The molecule has 196 valence electrons. The van der Waals surface area contributed by atoms with Crippen LogP contribution in [0.5, 0.6) is 5.75 Å². The highest BCUT2D eigenvalue weighted by Crippen LogP contribution is 2.40. The van der Waals surface area contributed by atoms with E-state index in [2.05, 4.69) is 23.7 Å². The number of aromatic nitrogens is 2. The second-order valence-corrected chi connectivity index (χ2v) is 9.27. The molecule has 0 radical (unpaired) electrons. The zero-order chi connectivity index (χ0) is 26.5. The standard InChI is InChI=1S/C29H36N4O4/c1-5-19-37-22-14-12-21(13-15-22)26-24(27(34)25-20(4)30-23-11-8-9-17-32(23)25)28(35)29(36)33(26)18-10-16-31(6-2)7-3/h8-9,11-15,17,26,34H,5-7,10,16,18-19H2,1-4H3. The number of amides is 1. The number of Topliss-reactive ketones (excluding diaryl/α,β-unsaturated/α-hetero) is 1. The molecule has 1 amide bonds. The van der Waals surface area contributed by atoms with Gasteiger partial charge in [-0.2, -0.15) is 0 Å². The lowest BCUT2D eigenvalue weighted by Gasteiger charge is -2.27. The summed E-state index contributed by atoms with van der Waals surface area (Å²) in [5, 5.41) is 11.6. The Morgan fingerprint density at radius 1 is 1.08 bits per heavy atom. The summed E-state index contributed by atoms with van der Waals surface area (Å²) in [7, 11) is 0. The lowest BCUT2D eigenvalue weighted by molar-refractivity contribution is -0.140. The second kappa shape index (κ2) is 11.6. The van der Waals surface area contributed by atoms with Gasteiger partial charge in [0.15, 0.2) is 5.76 Å². The molecule has 1 aliphatic heterocycles. The number of imidazole rings is 1. The lowest BCUT2D eigenvalue weighted by atomic mass is 9.96. The largest absolute Gasteiger partial charge is 0.505 e. The van der Waals surface area contributed by atoms with E-state index in [9.17, 15) is 14.7 Å². The molecular weight excluding hydrogens is 468 g/mol. The van der Waals surface area contributed by atoms with E-state index in [4.69, 9.17) is 4.74 Å². The van der Waals surface area contributed by atoms with Crippen LogP contribution in [0.4, 0.5) is 0 Å². The van der Waals surface area contributed by atoms with Crippen LogP contribution in [0, 0.1) is 6.92 Å². The summed E-state index contributed by atoms with van der Waals surface area (Å²) < 4.78 is 7.48. The Kier molecular flexibility index (Phi) is 8.28. The first-order valence-corrected chi connectivity index (χ1v) is 13.1. The first kappa shape index (κ1) is 26.4. The molecule has 0 spiro atoms. The van der Waals surface area contributed by atoms with E-state index in [1.54, 1.807) is 22.4 Å². The summed E-state index contributed by atoms with van der Waals surface area (Å²) >= 11 is 0. The van der Waals surface area contributed by atoms with Crippen LogP contribution in [0.1, 0.15) is 56.6 Å². The van der Waals surface area contributed by atoms with Crippen LogP contribution in [-0.2, 0) is 9.59 Å². The van der Waals surface area contributed by atoms with Crippen molar-refractivity contribution in [3.8, 4) is 5.75 Å². The number of fused-ring (bicyclic) bond motifs is 1. The average molecular weight is 505 g/mol. The van der Waals surface area contributed by atoms with Gasteiger partial charge in [-0.3, -0.25) is 14.0 Å². The summed E-state index contributed by atoms with van der Waals surface area (Å²) in [5.74, 6) is -0.760. The molecule has 8 heteroatoms. The van der Waals surface area contributed by atoms with Gasteiger partial charge in [-0.15, -0.1) is 0 Å². The minimum Gasteiger partial charge on any atom is -0.505 e. The zero-order valence-electron chi connectivity index (χ0n) is 22.1. The number of likely N-dealkylation sites (tertiary alicyclic amines) is 1. The van der Waals surface area contributed by atoms with Gasteiger partial charge in [0.05, 0.1) is 23.9 Å². The smallest absolute Gasteiger partial charge is 0.295 e. The van der Waals surface area contributed by atoms with Gasteiger partial charge in [-0.1, -0.05) is 39.0 Å². The summed E-state index contributed by atoms with van der Waals surface area (Å²) in [4.78, 5) is 35.2. The first-order chi connectivity index (χ1) is 17.9. The zero-order valence-corrected chi connectivity index (χ0v) is 22.1. The Morgan fingerprint density at radius 3 is 2.49 bits per heavy atom. The van der Waals surface area contributed by atoms with Crippen molar-refractivity contribution in [2.24, 2.45) is 0 Å². The van der Waals surface area contributed by atoms with Gasteiger partial charge in [-0.05, 0) is 69.2 Å². The number of pyridine rings is 1. The summed E-state index contributed by atoms with van der Waals surface area (Å²) in [6, 6.07) is 12.3. The number of carbonyl (C=O) groups excluding carboxylic acids is 2. The van der Waals surface area contributed by atoms with Crippen molar-refractivity contribution >= 4 is 23.1 Å². The van der Waals surface area contributed by atoms with Crippen LogP contribution in [0.2, 0.25) is 0 Å². The number of aryl methyl sites for hydroxylation is 1. The van der Waals surface area contributed by atoms with Crippen LogP contribution < -0.4 is 4.74 Å². The number of aliphatic hydroxyl groups is 1. The van der Waals surface area contributed by atoms with Gasteiger partial charge in [0.2, 0.25) is 0 Å². The van der Waals surface area contributed by atoms with Crippen molar-refractivity contribution in [3.05, 3.63) is 71.2 Å². The van der Waals surface area contributed by atoms with E-state index < -0.39 is 17.7 Å². The number of nitrogens with zero attached hydrogens (tertiary/aromatic N) is 4. The molecular formula is C29H36N4O4. The number of hydrogen-bond acceptors (Lipinski definition) is 6. The Hall–Kier alpha value is -3.65. The van der Waals surface area contributed by atoms with E-state index in [0.717, 1.165) is 43.8 Å². The van der Waals surface area contributed by atoms with Crippen molar-refractivity contribution in [1.82, 2.24) is 19.2 Å². The maximum Gasteiger partial charge on any atom is 0.295 e. The third kappa shape index (κ3) is 5.25. The fraction of sp³-hybridized carbons (Fsp3) is 0.414. The summed E-state index contributed by atoms with van der Waals surface area (Å²) in [6.45, 7) is 11.7. The number of ketones is 1. The Morgan fingerprint density at radius 2 is 1.81 bits per heavy atom. The molecule has 1 aromatic carbocycles. The van der Waals surface area contributed by atoms with Gasteiger partial charge < -0.3 is 19.6 Å². The maximum absolute atomic E-state index is 13.4. The highest BCUT2D eigenvalue weighted by molar-refractivity contribution is 6.46. The Labute approximate surface area is 218 Å². The predicted molar refractivity (Wildman–Crippen MR) is 144 cm³/mol. The maximum atomic E-state index is 13.4. The molecule has 1 N–H and O–H groups in total. The van der Waals surface area contributed by atoms with Crippen molar-refractivity contribution in [2.45, 2.75) is 46.6 Å². The topological polar surface area (TPSA) is 87.4 Å². The fourth-order valence-corrected chi connectivity index (χ4v) is 4.95. The molecule has 1 fully saturated rings. The van der Waals surface area contributed by atoms with Gasteiger partial charge in [0.25, 0.3) is 11.7 Å². The van der Waals surface area contributed by atoms with Crippen LogP contribution >= 0.6 is 0 Å². The Balaban J connectivity index is 1.78. The number of ether oxygens (including phenoxy) is 1. The number of rotatable bonds is 11. The van der Waals surface area contributed by atoms with Crippen LogP contribution in [-0.4, -0.2) is 68.8 Å². The third-order valence-corrected chi connectivity index (χ3v) is 6.90. The van der Waals surface area contributed by atoms with Crippen LogP contribution in [0.3, 0.4) is 0 Å². The molecule has 0 bridgehead atoms. The van der Waals surface area contributed by atoms with Crippen molar-refractivity contribution in [1.29, 1.82) is 0 Å². The normalized spacial score (nSPS) is 17.3. The number of hydrogen-bond donors (Lipinski definition) is 1. The SMILES string of the molecule is CCCOc1ccc(C2C(=C(O)c3c(C)nc4ccccn34)C(=O)C(=O)N2CCCN(CC)CC)cc1.